The fourth-order valence-electron chi connectivity index (χ4n) is 5.45. The minimum Gasteiger partial charge on any atom is -0.507 e. The van der Waals surface area contributed by atoms with E-state index in [0.29, 0.717) is 0 Å². The highest BCUT2D eigenvalue weighted by Crippen LogP contribution is 2.55. The first-order chi connectivity index (χ1) is 23.5. The summed E-state index contributed by atoms with van der Waals surface area (Å²) in [6.07, 6.45) is 0. The maximum Gasteiger partial charge on any atom is 0.142 e. The first kappa shape index (κ1) is 35.0. The highest BCUT2D eigenvalue weighted by molar-refractivity contribution is 8.19. The van der Waals surface area contributed by atoms with E-state index in [2.05, 4.69) is 76.2 Å². The molecule has 0 atom stereocenters. The van der Waals surface area contributed by atoms with Crippen LogP contribution < -0.4 is 0 Å². The van der Waals surface area contributed by atoms with Gasteiger partial charge >= 0.3 is 0 Å². The summed E-state index contributed by atoms with van der Waals surface area (Å²) in [5.41, 5.74) is 6.32. The number of aromatic hydroxyl groups is 3. The second-order valence-electron chi connectivity index (χ2n) is 12.5. The molecule has 0 aliphatic heterocycles. The summed E-state index contributed by atoms with van der Waals surface area (Å²) in [7, 11) is 0. The Bertz CT molecular complexity index is 1920. The normalized spacial score (nSPS) is 11.8. The van der Waals surface area contributed by atoms with E-state index in [1.807, 2.05) is 78.9 Å². The van der Waals surface area contributed by atoms with Gasteiger partial charge in [-0.3, -0.25) is 0 Å². The molecule has 49 heavy (non-hydrogen) atoms. The van der Waals surface area contributed by atoms with Crippen molar-refractivity contribution in [2.45, 2.75) is 55.4 Å². The van der Waals surface area contributed by atoms with E-state index >= 15 is 0 Å². The minimum atomic E-state index is -0.449. The van der Waals surface area contributed by atoms with Gasteiger partial charge in [0.1, 0.15) is 17.2 Å². The Kier molecular flexibility index (Phi) is 10.7. The Hall–Kier alpha value is -3.88. The molecule has 6 aromatic rings. The third-order valence-corrected chi connectivity index (χ3v) is 12.8. The van der Waals surface area contributed by atoms with Crippen LogP contribution in [0.2, 0.25) is 0 Å². The largest absolute Gasteiger partial charge is 0.507 e. The number of phenols is 3. The molecule has 0 saturated heterocycles. The van der Waals surface area contributed by atoms with E-state index in [1.54, 1.807) is 59.2 Å². The van der Waals surface area contributed by atoms with Gasteiger partial charge in [0.2, 0.25) is 0 Å². The first-order valence-corrected chi connectivity index (χ1v) is 19.2. The predicted octanol–water partition coefficient (Wildman–Crippen LogP) is 13.0. The van der Waals surface area contributed by atoms with Crippen molar-refractivity contribution in [2.75, 3.05) is 0 Å². The monoisotopic (exact) mass is 718 g/mol. The van der Waals surface area contributed by atoms with Crippen LogP contribution in [0.4, 0.5) is 0 Å². The summed E-state index contributed by atoms with van der Waals surface area (Å²) in [6, 6.07) is 46.0. The van der Waals surface area contributed by atoms with Crippen LogP contribution in [0, 0.1) is 0 Å². The molecule has 3 nitrogen and oxygen atoms in total. The number of phenolic OH excluding ortho intramolecular Hbond substituents is 3. The zero-order valence-corrected chi connectivity index (χ0v) is 31.0. The molecule has 0 unspecified atom stereocenters. The number of thioether (sulfide) groups is 4. The van der Waals surface area contributed by atoms with Crippen LogP contribution in [0.25, 0.3) is 33.4 Å². The van der Waals surface area contributed by atoms with E-state index in [0.717, 1.165) is 53.0 Å². The van der Waals surface area contributed by atoms with Crippen LogP contribution >= 0.6 is 47.0 Å². The van der Waals surface area contributed by atoms with E-state index in [1.165, 1.54) is 0 Å². The van der Waals surface area contributed by atoms with Crippen LogP contribution in [-0.2, 0) is 0 Å². The molecule has 0 fully saturated rings. The van der Waals surface area contributed by atoms with Gasteiger partial charge in [-0.2, -0.15) is 0 Å². The lowest BCUT2D eigenvalue weighted by atomic mass is 10.1. The quantitative estimate of drug-likeness (QED) is 0.0910. The molecular weight excluding hydrogens is 681 g/mol. The fraction of sp³-hybridized carbons (Fsp3) is 0.143. The van der Waals surface area contributed by atoms with Gasteiger partial charge in [-0.1, -0.05) is 103 Å². The summed E-state index contributed by atoms with van der Waals surface area (Å²) in [5.74, 6) is 0.687. The Morgan fingerprint density at radius 2 is 0.653 bits per heavy atom. The van der Waals surface area contributed by atoms with Crippen LogP contribution in [0.3, 0.4) is 0 Å². The molecule has 0 aromatic heterocycles. The average molecular weight is 719 g/mol. The van der Waals surface area contributed by atoms with Crippen LogP contribution in [0.15, 0.2) is 159 Å². The van der Waals surface area contributed by atoms with Gasteiger partial charge < -0.3 is 15.3 Å². The van der Waals surface area contributed by atoms with E-state index in [4.69, 9.17) is 0 Å². The van der Waals surface area contributed by atoms with Gasteiger partial charge in [-0.05, 0) is 97.5 Å². The molecule has 7 heteroatoms. The summed E-state index contributed by atoms with van der Waals surface area (Å²) in [5, 5.41) is 33.6. The third kappa shape index (κ3) is 8.84. The van der Waals surface area contributed by atoms with E-state index < -0.39 is 8.16 Å². The minimum absolute atomic E-state index is 0.224. The Labute approximate surface area is 306 Å². The molecule has 6 rings (SSSR count). The molecule has 0 aliphatic carbocycles. The van der Waals surface area contributed by atoms with Crippen molar-refractivity contribution in [3.8, 4) is 50.6 Å². The summed E-state index contributed by atoms with van der Waals surface area (Å²) < 4.78 is -0.898. The molecule has 0 spiro atoms. The maximum atomic E-state index is 11.9. The standard InChI is InChI=1S/C42H38O3S4/c1-41(2,46-36-24-31(20-22-34(36)43)28-14-8-5-9-15-28)48-38-26-33(30-18-12-7-13-19-30)27-39(40(38)45)49-42(3,4)47-37-25-32(21-23-35(37)44)29-16-10-6-11-17-29/h5-27,43-45H,1-4H3. The van der Waals surface area contributed by atoms with Crippen molar-refractivity contribution in [1.82, 2.24) is 0 Å². The Balaban J connectivity index is 1.30. The molecule has 0 amide bonds. The van der Waals surface area contributed by atoms with Crippen molar-refractivity contribution < 1.29 is 15.3 Å². The van der Waals surface area contributed by atoms with Gasteiger partial charge in [0.25, 0.3) is 0 Å². The third-order valence-electron chi connectivity index (χ3n) is 7.70. The van der Waals surface area contributed by atoms with E-state index in [-0.39, 0.29) is 17.2 Å². The average Bonchev–Trinajstić information content (AvgIpc) is 3.09. The summed E-state index contributed by atoms with van der Waals surface area (Å²) >= 11 is 6.29. The van der Waals surface area contributed by atoms with Gasteiger partial charge in [0.15, 0.2) is 0 Å². The van der Waals surface area contributed by atoms with Gasteiger partial charge in [0.05, 0.1) is 27.7 Å². The topological polar surface area (TPSA) is 60.7 Å². The Morgan fingerprint density at radius 1 is 0.347 bits per heavy atom. The highest BCUT2D eigenvalue weighted by atomic mass is 32.2. The Morgan fingerprint density at radius 3 is 1.02 bits per heavy atom. The predicted molar refractivity (Wildman–Crippen MR) is 212 cm³/mol. The molecule has 0 bridgehead atoms. The molecule has 3 N–H and O–H groups in total. The number of hydrogen-bond donors (Lipinski definition) is 3. The molecule has 0 aliphatic rings. The first-order valence-electron chi connectivity index (χ1n) is 15.9. The lowest BCUT2D eigenvalue weighted by molar-refractivity contribution is 0.449. The van der Waals surface area contributed by atoms with Crippen molar-refractivity contribution in [1.29, 1.82) is 0 Å². The molecule has 0 heterocycles. The highest BCUT2D eigenvalue weighted by Gasteiger charge is 2.29. The lowest BCUT2D eigenvalue weighted by Crippen LogP contribution is -2.10. The molecule has 0 saturated carbocycles. The van der Waals surface area contributed by atoms with Crippen LogP contribution in [0.1, 0.15) is 27.7 Å². The number of benzene rings is 6. The van der Waals surface area contributed by atoms with Crippen molar-refractivity contribution in [2.24, 2.45) is 0 Å². The molecule has 6 aromatic carbocycles. The van der Waals surface area contributed by atoms with Crippen molar-refractivity contribution in [3.05, 3.63) is 140 Å². The van der Waals surface area contributed by atoms with E-state index in [9.17, 15) is 15.3 Å². The maximum absolute atomic E-state index is 11.9. The van der Waals surface area contributed by atoms with Crippen LogP contribution in [0.5, 0.6) is 17.2 Å². The lowest BCUT2D eigenvalue weighted by Gasteiger charge is -2.28. The molecule has 0 radical (unpaired) electrons. The molecular formula is C42H38O3S4. The fourth-order valence-corrected chi connectivity index (χ4v) is 10.5. The van der Waals surface area contributed by atoms with Crippen molar-refractivity contribution in [3.63, 3.8) is 0 Å². The zero-order chi connectivity index (χ0) is 34.6. The van der Waals surface area contributed by atoms with Crippen molar-refractivity contribution >= 4 is 47.0 Å². The molecule has 248 valence electrons. The second-order valence-corrected chi connectivity index (χ2v) is 19.7. The SMILES string of the molecule is CC(C)(Sc1cc(-c2ccccc2)ccc1O)Sc1cc(-c2ccccc2)cc(SC(C)(C)Sc2cc(-c3ccccc3)ccc2O)c1O. The summed E-state index contributed by atoms with van der Waals surface area (Å²) in [4.78, 5) is 3.08. The smallest absolute Gasteiger partial charge is 0.142 e. The number of rotatable bonds is 11. The second kappa shape index (κ2) is 14.9. The van der Waals surface area contributed by atoms with Gasteiger partial charge in [-0.25, -0.2) is 0 Å². The number of hydrogen-bond acceptors (Lipinski definition) is 7. The van der Waals surface area contributed by atoms with Crippen LogP contribution in [-0.4, -0.2) is 23.5 Å². The van der Waals surface area contributed by atoms with Gasteiger partial charge in [-0.15, -0.1) is 47.0 Å². The summed E-state index contributed by atoms with van der Waals surface area (Å²) in [6.45, 7) is 8.45. The zero-order valence-electron chi connectivity index (χ0n) is 27.8. The van der Waals surface area contributed by atoms with Gasteiger partial charge in [0, 0.05) is 0 Å².